The van der Waals surface area contributed by atoms with Crippen LogP contribution in [0.15, 0.2) is 43.0 Å². The SMILES string of the molecule is O=C(O)c1ccccc1F.c1c[nH]cn1. The van der Waals surface area contributed by atoms with Crippen LogP contribution < -0.4 is 0 Å². The van der Waals surface area contributed by atoms with E-state index in [0.717, 1.165) is 6.07 Å². The molecule has 1 aromatic heterocycles. The number of carboxylic acids is 1. The summed E-state index contributed by atoms with van der Waals surface area (Å²) in [4.78, 5) is 16.6. The minimum atomic E-state index is -1.24. The van der Waals surface area contributed by atoms with E-state index in [-0.39, 0.29) is 5.56 Å². The number of aromatic amines is 1. The molecule has 0 aliphatic heterocycles. The van der Waals surface area contributed by atoms with Crippen molar-refractivity contribution in [3.8, 4) is 0 Å². The number of hydrogen-bond acceptors (Lipinski definition) is 2. The number of nitrogens with one attached hydrogen (secondary N) is 1. The number of hydrogen-bond donors (Lipinski definition) is 2. The van der Waals surface area contributed by atoms with Crippen molar-refractivity contribution in [3.63, 3.8) is 0 Å². The maximum absolute atomic E-state index is 12.5. The van der Waals surface area contributed by atoms with Gasteiger partial charge in [-0.05, 0) is 12.1 Å². The second-order valence-electron chi connectivity index (χ2n) is 2.55. The third-order valence-corrected chi connectivity index (χ3v) is 1.51. The number of rotatable bonds is 1. The molecule has 4 nitrogen and oxygen atoms in total. The number of carbonyl (C=O) groups is 1. The number of aromatic carboxylic acids is 1. The maximum Gasteiger partial charge on any atom is 0.338 e. The summed E-state index contributed by atoms with van der Waals surface area (Å²) in [6.45, 7) is 0. The van der Waals surface area contributed by atoms with Crippen molar-refractivity contribution >= 4 is 5.97 Å². The molecular weight excluding hydrogens is 199 g/mol. The Morgan fingerprint density at radius 3 is 2.47 bits per heavy atom. The summed E-state index contributed by atoms with van der Waals surface area (Å²) in [5.41, 5.74) is -0.289. The van der Waals surface area contributed by atoms with Crippen LogP contribution in [0.3, 0.4) is 0 Å². The molecule has 0 aliphatic carbocycles. The largest absolute Gasteiger partial charge is 0.478 e. The van der Waals surface area contributed by atoms with Crippen LogP contribution in [0.1, 0.15) is 10.4 Å². The lowest BCUT2D eigenvalue weighted by molar-refractivity contribution is 0.0692. The van der Waals surface area contributed by atoms with Crippen molar-refractivity contribution < 1.29 is 14.3 Å². The summed E-state index contributed by atoms with van der Waals surface area (Å²) in [7, 11) is 0. The maximum atomic E-state index is 12.5. The zero-order valence-electron chi connectivity index (χ0n) is 7.72. The molecule has 2 rings (SSSR count). The van der Waals surface area contributed by atoms with E-state index in [9.17, 15) is 9.18 Å². The standard InChI is InChI=1S/C7H5FO2.C3H4N2/c8-6-4-2-1-3-5(6)7(9)10;1-2-5-3-4-1/h1-4H,(H,9,10);1-3H,(H,4,5). The van der Waals surface area contributed by atoms with Crippen LogP contribution >= 0.6 is 0 Å². The Bertz CT molecular complexity index is 398. The zero-order chi connectivity index (χ0) is 11.1. The van der Waals surface area contributed by atoms with Crippen LogP contribution in [0.25, 0.3) is 0 Å². The van der Waals surface area contributed by atoms with Gasteiger partial charge in [-0.3, -0.25) is 0 Å². The fraction of sp³-hybridized carbons (Fsp3) is 0. The van der Waals surface area contributed by atoms with Crippen molar-refractivity contribution in [2.24, 2.45) is 0 Å². The number of H-pyrrole nitrogens is 1. The third kappa shape index (κ3) is 3.60. The lowest BCUT2D eigenvalue weighted by atomic mass is 10.2. The molecule has 0 unspecified atom stereocenters. The third-order valence-electron chi connectivity index (χ3n) is 1.51. The Hall–Kier alpha value is -2.17. The number of aromatic nitrogens is 2. The van der Waals surface area contributed by atoms with Crippen LogP contribution in [0, 0.1) is 5.82 Å². The molecule has 15 heavy (non-hydrogen) atoms. The molecular formula is C10H9FN2O2. The van der Waals surface area contributed by atoms with Crippen LogP contribution in [0.5, 0.6) is 0 Å². The number of carboxylic acid groups (broad SMARTS) is 1. The predicted molar refractivity (Wildman–Crippen MR) is 51.9 cm³/mol. The topological polar surface area (TPSA) is 66.0 Å². The quantitative estimate of drug-likeness (QED) is 0.752. The van der Waals surface area contributed by atoms with E-state index in [0.29, 0.717) is 0 Å². The van der Waals surface area contributed by atoms with E-state index in [2.05, 4.69) is 9.97 Å². The highest BCUT2D eigenvalue weighted by atomic mass is 19.1. The molecule has 1 heterocycles. The summed E-state index contributed by atoms with van der Waals surface area (Å²) in [6, 6.07) is 5.26. The van der Waals surface area contributed by atoms with Gasteiger partial charge in [0.2, 0.25) is 0 Å². The van der Waals surface area contributed by atoms with Gasteiger partial charge < -0.3 is 10.1 Å². The molecule has 5 heteroatoms. The molecule has 0 amide bonds. The summed E-state index contributed by atoms with van der Waals surface area (Å²) >= 11 is 0. The average Bonchev–Trinajstić information content (AvgIpc) is 2.75. The van der Waals surface area contributed by atoms with Gasteiger partial charge in [-0.15, -0.1) is 0 Å². The van der Waals surface area contributed by atoms with Crippen LogP contribution in [0.4, 0.5) is 4.39 Å². The molecule has 2 N–H and O–H groups in total. The Labute approximate surface area is 85.4 Å². The van der Waals surface area contributed by atoms with Gasteiger partial charge in [0.15, 0.2) is 0 Å². The van der Waals surface area contributed by atoms with E-state index < -0.39 is 11.8 Å². The second-order valence-corrected chi connectivity index (χ2v) is 2.55. The first-order chi connectivity index (χ1) is 7.22. The van der Waals surface area contributed by atoms with Gasteiger partial charge in [-0.1, -0.05) is 12.1 Å². The molecule has 0 saturated carbocycles. The van der Waals surface area contributed by atoms with Crippen molar-refractivity contribution in [2.45, 2.75) is 0 Å². The van der Waals surface area contributed by atoms with Gasteiger partial charge in [0.25, 0.3) is 0 Å². The molecule has 0 fully saturated rings. The fourth-order valence-electron chi connectivity index (χ4n) is 0.850. The average molecular weight is 208 g/mol. The molecule has 2 aromatic rings. The Kier molecular flexibility index (Phi) is 4.03. The molecule has 0 spiro atoms. The van der Waals surface area contributed by atoms with Crippen molar-refractivity contribution in [3.05, 3.63) is 54.4 Å². The van der Waals surface area contributed by atoms with E-state index in [1.54, 1.807) is 18.7 Å². The first-order valence-corrected chi connectivity index (χ1v) is 4.12. The highest BCUT2D eigenvalue weighted by Gasteiger charge is 2.06. The Morgan fingerprint density at radius 1 is 1.40 bits per heavy atom. The zero-order valence-corrected chi connectivity index (χ0v) is 7.72. The number of halogens is 1. The first kappa shape index (κ1) is 10.9. The van der Waals surface area contributed by atoms with Crippen molar-refractivity contribution in [2.75, 3.05) is 0 Å². The summed E-state index contributed by atoms with van der Waals surface area (Å²) < 4.78 is 12.5. The first-order valence-electron chi connectivity index (χ1n) is 4.12. The molecule has 0 saturated heterocycles. The lowest BCUT2D eigenvalue weighted by Crippen LogP contribution is -1.98. The monoisotopic (exact) mass is 208 g/mol. The van der Waals surface area contributed by atoms with Gasteiger partial charge in [0.1, 0.15) is 5.82 Å². The van der Waals surface area contributed by atoms with Gasteiger partial charge in [0, 0.05) is 12.4 Å². The van der Waals surface area contributed by atoms with E-state index >= 15 is 0 Å². The summed E-state index contributed by atoms with van der Waals surface area (Å²) in [5.74, 6) is -1.94. The highest BCUT2D eigenvalue weighted by Crippen LogP contribution is 2.04. The van der Waals surface area contributed by atoms with Crippen molar-refractivity contribution in [1.29, 1.82) is 0 Å². The molecule has 1 aromatic carbocycles. The van der Waals surface area contributed by atoms with Crippen molar-refractivity contribution in [1.82, 2.24) is 9.97 Å². The molecule has 0 radical (unpaired) electrons. The van der Waals surface area contributed by atoms with Crippen LogP contribution in [0.2, 0.25) is 0 Å². The normalized spacial score (nSPS) is 8.87. The summed E-state index contributed by atoms with van der Waals surface area (Å²) in [6.07, 6.45) is 5.08. The van der Waals surface area contributed by atoms with E-state index in [1.165, 1.54) is 18.2 Å². The number of benzene rings is 1. The number of imidazole rings is 1. The van der Waals surface area contributed by atoms with E-state index in [1.807, 2.05) is 0 Å². The Morgan fingerprint density at radius 2 is 2.13 bits per heavy atom. The Balaban J connectivity index is 0.000000187. The minimum absolute atomic E-state index is 0.289. The van der Waals surface area contributed by atoms with E-state index in [4.69, 9.17) is 5.11 Å². The van der Waals surface area contributed by atoms with Gasteiger partial charge in [0.05, 0.1) is 11.9 Å². The fourth-order valence-corrected chi connectivity index (χ4v) is 0.850. The predicted octanol–water partition coefficient (Wildman–Crippen LogP) is 1.93. The molecule has 0 aliphatic rings. The van der Waals surface area contributed by atoms with Gasteiger partial charge >= 0.3 is 5.97 Å². The van der Waals surface area contributed by atoms with Gasteiger partial charge in [-0.25, -0.2) is 14.2 Å². The van der Waals surface area contributed by atoms with Crippen LogP contribution in [-0.2, 0) is 0 Å². The summed E-state index contributed by atoms with van der Waals surface area (Å²) in [5, 5.41) is 8.33. The molecule has 0 bridgehead atoms. The minimum Gasteiger partial charge on any atom is -0.478 e. The molecule has 78 valence electrons. The van der Waals surface area contributed by atoms with Crippen LogP contribution in [-0.4, -0.2) is 21.0 Å². The molecule has 0 atom stereocenters. The van der Waals surface area contributed by atoms with Gasteiger partial charge in [-0.2, -0.15) is 0 Å². The lowest BCUT2D eigenvalue weighted by Gasteiger charge is -1.92. The second kappa shape index (κ2) is 5.54. The highest BCUT2D eigenvalue weighted by molar-refractivity contribution is 5.87. The smallest absolute Gasteiger partial charge is 0.338 e. The number of nitrogens with zero attached hydrogens (tertiary/aromatic N) is 1.